The van der Waals surface area contributed by atoms with Crippen molar-refractivity contribution < 1.29 is 0 Å². The topological polar surface area (TPSA) is 36.7 Å². The largest absolute Gasteiger partial charge is 0.264 e. The normalized spacial score (nSPS) is 9.87. The second kappa shape index (κ2) is 4.43. The number of nitrogens with zero attached hydrogens (tertiary/aromatic N) is 2. The van der Waals surface area contributed by atoms with E-state index < -0.39 is 0 Å². The van der Waals surface area contributed by atoms with Gasteiger partial charge in [-0.3, -0.25) is 4.98 Å². The Bertz CT molecular complexity index is 513. The molecule has 0 spiro atoms. The molecule has 0 fully saturated rings. The third-order valence-electron chi connectivity index (χ3n) is 1.95. The summed E-state index contributed by atoms with van der Waals surface area (Å²) in [5, 5.41) is 8.72. The van der Waals surface area contributed by atoms with Crippen molar-refractivity contribution in [2.75, 3.05) is 0 Å². The first-order valence-corrected chi connectivity index (χ1v) is 5.69. The van der Waals surface area contributed by atoms with Crippen molar-refractivity contribution in [3.63, 3.8) is 0 Å². The van der Waals surface area contributed by atoms with Gasteiger partial charge in [-0.1, -0.05) is 0 Å². The van der Waals surface area contributed by atoms with Crippen LogP contribution in [-0.2, 0) is 5.88 Å². The average molecular weight is 235 g/mol. The maximum absolute atomic E-state index is 8.72. The Hall–Kier alpha value is -1.37. The quantitative estimate of drug-likeness (QED) is 0.747. The predicted molar refractivity (Wildman–Crippen MR) is 61.8 cm³/mol. The Morgan fingerprint density at radius 3 is 2.93 bits per heavy atom. The Balaban J connectivity index is 2.41. The number of alkyl halides is 1. The van der Waals surface area contributed by atoms with Crippen LogP contribution in [0, 0.1) is 11.3 Å². The van der Waals surface area contributed by atoms with Crippen molar-refractivity contribution in [3.05, 3.63) is 41.0 Å². The summed E-state index contributed by atoms with van der Waals surface area (Å²) in [6.07, 6.45) is 3.53. The lowest BCUT2D eigenvalue weighted by atomic mass is 10.2. The van der Waals surface area contributed by atoms with Crippen molar-refractivity contribution >= 4 is 22.9 Å². The number of pyridine rings is 1. The number of nitriles is 1. The molecule has 0 unspecified atom stereocenters. The Kier molecular flexibility index (Phi) is 3.00. The maximum atomic E-state index is 8.72. The van der Waals surface area contributed by atoms with E-state index in [1.165, 1.54) is 11.3 Å². The number of thiophene rings is 1. The third-order valence-corrected chi connectivity index (χ3v) is 3.30. The van der Waals surface area contributed by atoms with Gasteiger partial charge in [0.15, 0.2) is 0 Å². The molecule has 0 aliphatic heterocycles. The Labute approximate surface area is 96.8 Å². The van der Waals surface area contributed by atoms with E-state index in [2.05, 4.69) is 11.1 Å². The van der Waals surface area contributed by atoms with Crippen molar-refractivity contribution in [1.29, 1.82) is 5.26 Å². The second-order valence-corrected chi connectivity index (χ2v) is 4.34. The van der Waals surface area contributed by atoms with Gasteiger partial charge in [0.1, 0.15) is 10.9 Å². The summed E-state index contributed by atoms with van der Waals surface area (Å²) in [7, 11) is 0. The van der Waals surface area contributed by atoms with Gasteiger partial charge in [0, 0.05) is 28.7 Å². The molecule has 0 saturated carbocycles. The highest BCUT2D eigenvalue weighted by Gasteiger charge is 2.03. The fourth-order valence-electron chi connectivity index (χ4n) is 1.25. The molecule has 0 amide bonds. The standard InChI is InChI=1S/C11H7ClN2S/c12-4-8-3-9(7-14-6-8)11-2-1-10(5-13)15-11/h1-3,6-7H,4H2. The molecule has 0 atom stereocenters. The fraction of sp³-hybridized carbons (Fsp3) is 0.0909. The lowest BCUT2D eigenvalue weighted by Crippen LogP contribution is -1.82. The number of hydrogen-bond acceptors (Lipinski definition) is 3. The minimum absolute atomic E-state index is 0.456. The van der Waals surface area contributed by atoms with E-state index in [4.69, 9.17) is 16.9 Å². The van der Waals surface area contributed by atoms with Gasteiger partial charge in [-0.05, 0) is 23.8 Å². The van der Waals surface area contributed by atoms with Crippen LogP contribution in [-0.4, -0.2) is 4.98 Å². The van der Waals surface area contributed by atoms with Crippen LogP contribution in [0.4, 0.5) is 0 Å². The molecule has 0 aromatic carbocycles. The van der Waals surface area contributed by atoms with Crippen LogP contribution in [0.15, 0.2) is 30.6 Å². The van der Waals surface area contributed by atoms with Crippen LogP contribution in [0.2, 0.25) is 0 Å². The van der Waals surface area contributed by atoms with Crippen LogP contribution in [0.25, 0.3) is 10.4 Å². The first kappa shape index (κ1) is 10.2. The summed E-state index contributed by atoms with van der Waals surface area (Å²) < 4.78 is 0. The van der Waals surface area contributed by atoms with Crippen LogP contribution in [0.1, 0.15) is 10.4 Å². The fourth-order valence-corrected chi connectivity index (χ4v) is 2.18. The second-order valence-electron chi connectivity index (χ2n) is 2.99. The summed E-state index contributed by atoms with van der Waals surface area (Å²) in [6, 6.07) is 7.85. The van der Waals surface area contributed by atoms with Crippen LogP contribution >= 0.6 is 22.9 Å². The van der Waals surface area contributed by atoms with Gasteiger partial charge in [0.2, 0.25) is 0 Å². The van der Waals surface area contributed by atoms with Gasteiger partial charge >= 0.3 is 0 Å². The van der Waals surface area contributed by atoms with E-state index in [0.717, 1.165) is 16.0 Å². The van der Waals surface area contributed by atoms with Crippen LogP contribution < -0.4 is 0 Å². The van der Waals surface area contributed by atoms with Gasteiger partial charge < -0.3 is 0 Å². The number of hydrogen-bond donors (Lipinski definition) is 0. The minimum atomic E-state index is 0.456. The summed E-state index contributed by atoms with van der Waals surface area (Å²) in [4.78, 5) is 5.86. The minimum Gasteiger partial charge on any atom is -0.264 e. The van der Waals surface area contributed by atoms with E-state index in [9.17, 15) is 0 Å². The van der Waals surface area contributed by atoms with E-state index >= 15 is 0 Å². The molecule has 74 valence electrons. The molecule has 15 heavy (non-hydrogen) atoms. The van der Waals surface area contributed by atoms with Crippen molar-refractivity contribution in [1.82, 2.24) is 4.98 Å². The maximum Gasteiger partial charge on any atom is 0.110 e. The highest BCUT2D eigenvalue weighted by Crippen LogP contribution is 2.27. The Morgan fingerprint density at radius 2 is 2.27 bits per heavy atom. The zero-order valence-electron chi connectivity index (χ0n) is 7.77. The summed E-state index contributed by atoms with van der Waals surface area (Å²) in [5.74, 6) is 0.456. The number of halogens is 1. The molecule has 2 heterocycles. The summed E-state index contributed by atoms with van der Waals surface area (Å²) in [5.41, 5.74) is 2.00. The van der Waals surface area contributed by atoms with E-state index in [1.807, 2.05) is 18.2 Å². The zero-order chi connectivity index (χ0) is 10.7. The highest BCUT2D eigenvalue weighted by atomic mass is 35.5. The van der Waals surface area contributed by atoms with E-state index in [-0.39, 0.29) is 0 Å². The zero-order valence-corrected chi connectivity index (χ0v) is 9.35. The van der Waals surface area contributed by atoms with Crippen molar-refractivity contribution in [2.45, 2.75) is 5.88 Å². The van der Waals surface area contributed by atoms with Gasteiger partial charge in [0.25, 0.3) is 0 Å². The van der Waals surface area contributed by atoms with E-state index in [1.54, 1.807) is 12.4 Å². The molecule has 0 aliphatic rings. The molecule has 0 bridgehead atoms. The van der Waals surface area contributed by atoms with Crippen molar-refractivity contribution in [2.24, 2.45) is 0 Å². The lowest BCUT2D eigenvalue weighted by Gasteiger charge is -1.98. The molecule has 2 aromatic rings. The van der Waals surface area contributed by atoms with Crippen molar-refractivity contribution in [3.8, 4) is 16.5 Å². The molecule has 0 saturated heterocycles. The monoisotopic (exact) mass is 234 g/mol. The van der Waals surface area contributed by atoms with Gasteiger partial charge in [-0.25, -0.2) is 0 Å². The summed E-state index contributed by atoms with van der Waals surface area (Å²) in [6.45, 7) is 0. The molecule has 4 heteroatoms. The lowest BCUT2D eigenvalue weighted by molar-refractivity contribution is 1.25. The van der Waals surface area contributed by atoms with Crippen LogP contribution in [0.5, 0.6) is 0 Å². The molecule has 2 aromatic heterocycles. The molecule has 2 nitrogen and oxygen atoms in total. The molecule has 2 rings (SSSR count). The smallest absolute Gasteiger partial charge is 0.110 e. The van der Waals surface area contributed by atoms with Gasteiger partial charge in [-0.15, -0.1) is 22.9 Å². The Morgan fingerprint density at radius 1 is 1.40 bits per heavy atom. The van der Waals surface area contributed by atoms with Gasteiger partial charge in [-0.2, -0.15) is 5.26 Å². The molecule has 0 N–H and O–H groups in total. The highest BCUT2D eigenvalue weighted by molar-refractivity contribution is 7.16. The van der Waals surface area contributed by atoms with Crippen LogP contribution in [0.3, 0.4) is 0 Å². The molecule has 0 radical (unpaired) electrons. The third kappa shape index (κ3) is 2.17. The number of rotatable bonds is 2. The first-order valence-electron chi connectivity index (χ1n) is 4.33. The molecular weight excluding hydrogens is 228 g/mol. The SMILES string of the molecule is N#Cc1ccc(-c2cncc(CCl)c2)s1. The number of aromatic nitrogens is 1. The molecular formula is C11H7ClN2S. The summed E-state index contributed by atoms with van der Waals surface area (Å²) >= 11 is 7.19. The van der Waals surface area contributed by atoms with Gasteiger partial charge in [0.05, 0.1) is 0 Å². The predicted octanol–water partition coefficient (Wildman–Crippen LogP) is 3.42. The average Bonchev–Trinajstić information content (AvgIpc) is 2.78. The molecule has 0 aliphatic carbocycles. The first-order chi connectivity index (χ1) is 7.33. The van der Waals surface area contributed by atoms with E-state index in [0.29, 0.717) is 10.8 Å².